The lowest BCUT2D eigenvalue weighted by Crippen LogP contribution is -2.49. The van der Waals surface area contributed by atoms with Crippen LogP contribution in [0.1, 0.15) is 56.0 Å². The Kier molecular flexibility index (Phi) is 8.46. The van der Waals surface area contributed by atoms with E-state index in [1.165, 1.54) is 0 Å². The third-order valence-electron chi connectivity index (χ3n) is 6.16. The predicted molar refractivity (Wildman–Crippen MR) is 146 cm³/mol. The topological polar surface area (TPSA) is 142 Å². The predicted octanol–water partition coefficient (Wildman–Crippen LogP) is 3.82. The second kappa shape index (κ2) is 11.4. The molecule has 2 heterocycles. The molecule has 0 unspecified atom stereocenters. The van der Waals surface area contributed by atoms with Gasteiger partial charge in [0.2, 0.25) is 0 Å². The minimum absolute atomic E-state index is 0.165. The number of nitriles is 1. The van der Waals surface area contributed by atoms with Crippen LogP contribution in [0.25, 0.3) is 0 Å². The maximum Gasteiger partial charge on any atom is 0.410 e. The summed E-state index contributed by atoms with van der Waals surface area (Å²) in [6.07, 6.45) is 3.99. The van der Waals surface area contributed by atoms with Gasteiger partial charge >= 0.3 is 6.09 Å². The van der Waals surface area contributed by atoms with Crippen LogP contribution in [0, 0.1) is 11.3 Å². The number of allylic oxidation sites excluding steroid dienone is 1. The van der Waals surface area contributed by atoms with Gasteiger partial charge < -0.3 is 25.7 Å². The highest BCUT2D eigenvalue weighted by molar-refractivity contribution is 6.08. The minimum Gasteiger partial charge on any atom is -0.444 e. The van der Waals surface area contributed by atoms with E-state index in [-0.39, 0.29) is 18.1 Å². The van der Waals surface area contributed by atoms with Crippen LogP contribution in [0.5, 0.6) is 0 Å². The third kappa shape index (κ3) is 6.70. The number of benzene rings is 1. The molecule has 202 valence electrons. The van der Waals surface area contributed by atoms with Gasteiger partial charge in [-0.3, -0.25) is 9.48 Å². The van der Waals surface area contributed by atoms with E-state index in [1.54, 1.807) is 26.9 Å². The van der Waals surface area contributed by atoms with Crippen molar-refractivity contribution in [3.05, 3.63) is 54.2 Å². The Balaban J connectivity index is 1.85. The van der Waals surface area contributed by atoms with Gasteiger partial charge in [-0.15, -0.1) is 0 Å². The van der Waals surface area contributed by atoms with Crippen molar-refractivity contribution >= 4 is 29.2 Å². The number of hydrogen-bond donors (Lipinski definition) is 2. The highest BCUT2D eigenvalue weighted by atomic mass is 16.6. The monoisotopic (exact) mass is 520 g/mol. The van der Waals surface area contributed by atoms with Gasteiger partial charge in [-0.05, 0) is 51.8 Å². The number of piperidine rings is 1. The van der Waals surface area contributed by atoms with Gasteiger partial charge in [0.05, 0.1) is 23.7 Å². The Morgan fingerprint density at radius 2 is 1.92 bits per heavy atom. The van der Waals surface area contributed by atoms with Gasteiger partial charge in [0, 0.05) is 44.6 Å². The molecular weight excluding hydrogens is 484 g/mol. The number of carbonyl (C=O) groups is 2. The van der Waals surface area contributed by atoms with Crippen molar-refractivity contribution in [2.24, 2.45) is 10.8 Å². The zero-order valence-corrected chi connectivity index (χ0v) is 22.7. The van der Waals surface area contributed by atoms with Crippen LogP contribution < -0.4 is 11.1 Å². The number of hydrogen-bond acceptors (Lipinski definition) is 8. The van der Waals surface area contributed by atoms with E-state index in [0.717, 1.165) is 11.3 Å². The Morgan fingerprint density at radius 3 is 2.42 bits per heavy atom. The van der Waals surface area contributed by atoms with Gasteiger partial charge in [0.1, 0.15) is 11.2 Å². The lowest BCUT2D eigenvalue weighted by Gasteiger charge is -2.40. The summed E-state index contributed by atoms with van der Waals surface area (Å²) in [5.41, 5.74) is 6.90. The number of nitrogens with one attached hydrogen (secondary N) is 1. The second-order valence-electron chi connectivity index (χ2n) is 10.5. The quantitative estimate of drug-likeness (QED) is 0.398. The van der Waals surface area contributed by atoms with E-state index in [1.807, 2.05) is 59.1 Å². The largest absolute Gasteiger partial charge is 0.444 e. The molecule has 1 saturated heterocycles. The molecule has 0 aliphatic carbocycles. The van der Waals surface area contributed by atoms with Gasteiger partial charge in [-0.25, -0.2) is 4.79 Å². The van der Waals surface area contributed by atoms with Gasteiger partial charge in [0.15, 0.2) is 5.82 Å². The Labute approximate surface area is 223 Å². The summed E-state index contributed by atoms with van der Waals surface area (Å²) in [4.78, 5) is 26.5. The molecule has 1 fully saturated rings. The number of primary amides is 1. The van der Waals surface area contributed by atoms with Crippen LogP contribution in [0.15, 0.2) is 48.2 Å². The summed E-state index contributed by atoms with van der Waals surface area (Å²) in [5.74, 6) is -0.344. The molecule has 0 bridgehead atoms. The van der Waals surface area contributed by atoms with E-state index >= 15 is 0 Å². The third-order valence-corrected chi connectivity index (χ3v) is 6.16. The van der Waals surface area contributed by atoms with Gasteiger partial charge in [-0.2, -0.15) is 15.5 Å². The van der Waals surface area contributed by atoms with Crippen LogP contribution in [0.4, 0.5) is 16.3 Å². The van der Waals surface area contributed by atoms with Crippen molar-refractivity contribution in [3.8, 4) is 6.07 Å². The first kappa shape index (κ1) is 28.2. The summed E-state index contributed by atoms with van der Waals surface area (Å²) >= 11 is 0. The molecule has 2 amide bonds. The molecule has 1 aliphatic heterocycles. The zero-order valence-electron chi connectivity index (χ0n) is 22.7. The summed E-state index contributed by atoms with van der Waals surface area (Å²) in [5, 5.41) is 23.6. The number of nitrogens with two attached hydrogens (primary N) is 1. The summed E-state index contributed by atoms with van der Waals surface area (Å²) < 4.78 is 7.15. The highest BCUT2D eigenvalue weighted by Crippen LogP contribution is 2.35. The van der Waals surface area contributed by atoms with Crippen LogP contribution in [-0.2, 0) is 10.3 Å². The first-order chi connectivity index (χ1) is 17.9. The van der Waals surface area contributed by atoms with E-state index < -0.39 is 17.0 Å². The van der Waals surface area contributed by atoms with E-state index in [4.69, 9.17) is 10.5 Å². The maximum atomic E-state index is 12.5. The standard InChI is InChI=1S/C27H36N8O3/c1-7-22(31-33(5)6)19-8-10-20(11-9-19)30-24-21(23(29)36)18-35(32-24)27(12-15-28)13-16-34(17-14-27)25(37)38-26(2,3)4/h7-11,18H,1,12-14,16-17H2,2-6H3,(H2,29,36)(H,30,32)/b31-22+. The molecule has 11 heteroatoms. The summed E-state index contributed by atoms with van der Waals surface area (Å²) in [6.45, 7) is 10.1. The number of nitrogens with zero attached hydrogens (tertiary/aromatic N) is 6. The van der Waals surface area contributed by atoms with E-state index in [0.29, 0.717) is 37.4 Å². The van der Waals surface area contributed by atoms with Crippen molar-refractivity contribution in [3.63, 3.8) is 0 Å². The van der Waals surface area contributed by atoms with E-state index in [2.05, 4.69) is 28.2 Å². The normalized spacial score (nSPS) is 15.4. The number of likely N-dealkylation sites (tertiary alicyclic amines) is 1. The van der Waals surface area contributed by atoms with Crippen LogP contribution in [0.3, 0.4) is 0 Å². The minimum atomic E-state index is -0.692. The Hall–Kier alpha value is -4.33. The van der Waals surface area contributed by atoms with Crippen molar-refractivity contribution in [2.75, 3.05) is 32.5 Å². The van der Waals surface area contributed by atoms with Crippen molar-refractivity contribution in [1.82, 2.24) is 19.7 Å². The number of anilines is 2. The number of hydrazone groups is 1. The molecule has 3 N–H and O–H groups in total. The van der Waals surface area contributed by atoms with Crippen LogP contribution >= 0.6 is 0 Å². The fourth-order valence-electron chi connectivity index (χ4n) is 4.25. The number of ether oxygens (including phenoxy) is 1. The number of aromatic nitrogens is 2. The molecule has 38 heavy (non-hydrogen) atoms. The average Bonchev–Trinajstić information content (AvgIpc) is 3.27. The summed E-state index contributed by atoms with van der Waals surface area (Å²) in [6, 6.07) is 9.71. The number of carbonyl (C=O) groups excluding carboxylic acids is 2. The maximum absolute atomic E-state index is 12.5. The van der Waals surface area contributed by atoms with Crippen LogP contribution in [-0.4, -0.2) is 70.2 Å². The Bertz CT molecular complexity index is 1240. The molecule has 2 aromatic rings. The molecule has 3 rings (SSSR count). The highest BCUT2D eigenvalue weighted by Gasteiger charge is 2.40. The van der Waals surface area contributed by atoms with Crippen LogP contribution in [0.2, 0.25) is 0 Å². The lowest BCUT2D eigenvalue weighted by atomic mass is 9.85. The molecule has 1 aromatic heterocycles. The molecule has 0 spiro atoms. The van der Waals surface area contributed by atoms with Crippen molar-refractivity contribution < 1.29 is 14.3 Å². The fraction of sp³-hybridized carbons (Fsp3) is 0.444. The number of amides is 2. The molecule has 0 saturated carbocycles. The number of rotatable bonds is 8. The SMILES string of the molecule is C=C/C(=N\N(C)C)c1ccc(Nc2nn(C3(CC#N)CCN(C(=O)OC(C)(C)C)CC3)cc2C(N)=O)cc1. The zero-order chi connectivity index (χ0) is 28.1. The molecule has 1 aliphatic rings. The molecular formula is C27H36N8O3. The van der Waals surface area contributed by atoms with E-state index in [9.17, 15) is 14.9 Å². The van der Waals surface area contributed by atoms with Crippen molar-refractivity contribution in [2.45, 2.75) is 51.2 Å². The van der Waals surface area contributed by atoms with Gasteiger partial charge in [0.25, 0.3) is 5.91 Å². The lowest BCUT2D eigenvalue weighted by molar-refractivity contribution is 0.0105. The molecule has 1 aromatic carbocycles. The Morgan fingerprint density at radius 1 is 1.29 bits per heavy atom. The molecule has 11 nitrogen and oxygen atoms in total. The van der Waals surface area contributed by atoms with Crippen molar-refractivity contribution in [1.29, 1.82) is 5.26 Å². The first-order valence-electron chi connectivity index (χ1n) is 12.4. The fourth-order valence-corrected chi connectivity index (χ4v) is 4.25. The van der Waals surface area contributed by atoms with Gasteiger partial charge in [-0.1, -0.05) is 18.7 Å². The molecule has 0 atom stereocenters. The first-order valence-corrected chi connectivity index (χ1v) is 12.4. The smallest absolute Gasteiger partial charge is 0.410 e. The summed E-state index contributed by atoms with van der Waals surface area (Å²) in [7, 11) is 3.67. The second-order valence-corrected chi connectivity index (χ2v) is 10.5. The average molecular weight is 521 g/mol. The molecule has 0 radical (unpaired) electrons.